The number of likely N-dealkylation sites (tertiary alicyclic amines) is 1. The molecule has 2 aromatic carbocycles. The Hall–Kier alpha value is -2.53. The molecule has 0 spiro atoms. The summed E-state index contributed by atoms with van der Waals surface area (Å²) in [5.41, 5.74) is 1.01. The number of carbonyl (C=O) groups is 1. The van der Waals surface area contributed by atoms with Gasteiger partial charge in [0.2, 0.25) is 0 Å². The first-order valence-corrected chi connectivity index (χ1v) is 8.74. The quantitative estimate of drug-likeness (QED) is 0.878. The first kappa shape index (κ1) is 17.3. The summed E-state index contributed by atoms with van der Waals surface area (Å²) in [4.78, 5) is 14.4. The van der Waals surface area contributed by atoms with E-state index in [9.17, 15) is 4.79 Å². The second kappa shape index (κ2) is 8.53. The largest absolute Gasteiger partial charge is 0.457 e. The Morgan fingerprint density at radius 2 is 1.80 bits per heavy atom. The van der Waals surface area contributed by atoms with Crippen molar-refractivity contribution in [2.24, 2.45) is 0 Å². The molecule has 5 nitrogen and oxygen atoms in total. The van der Waals surface area contributed by atoms with Gasteiger partial charge in [-0.15, -0.1) is 0 Å². The van der Waals surface area contributed by atoms with Gasteiger partial charge in [-0.2, -0.15) is 0 Å². The fourth-order valence-electron chi connectivity index (χ4n) is 2.92. The van der Waals surface area contributed by atoms with Gasteiger partial charge in [0.05, 0.1) is 0 Å². The van der Waals surface area contributed by atoms with Gasteiger partial charge in [-0.05, 0) is 62.8 Å². The minimum atomic E-state index is -0.107. The van der Waals surface area contributed by atoms with Crippen LogP contribution in [0.25, 0.3) is 0 Å². The van der Waals surface area contributed by atoms with Gasteiger partial charge in [-0.1, -0.05) is 30.3 Å². The SMILES string of the molecule is CN1CCC(NC(=O)NCc2cccc(Oc3ccccc3)c2)CC1. The lowest BCUT2D eigenvalue weighted by atomic mass is 10.1. The van der Waals surface area contributed by atoms with E-state index < -0.39 is 0 Å². The summed E-state index contributed by atoms with van der Waals surface area (Å²) in [6.07, 6.45) is 2.01. The lowest BCUT2D eigenvalue weighted by Crippen LogP contribution is -2.46. The van der Waals surface area contributed by atoms with Crippen molar-refractivity contribution in [2.75, 3.05) is 20.1 Å². The highest BCUT2D eigenvalue weighted by Crippen LogP contribution is 2.21. The predicted octanol–water partition coefficient (Wildman–Crippen LogP) is 3.37. The summed E-state index contributed by atoms with van der Waals surface area (Å²) < 4.78 is 5.82. The van der Waals surface area contributed by atoms with Gasteiger partial charge >= 0.3 is 6.03 Å². The van der Waals surface area contributed by atoms with Crippen molar-refractivity contribution < 1.29 is 9.53 Å². The molecule has 0 radical (unpaired) electrons. The lowest BCUT2D eigenvalue weighted by Gasteiger charge is -2.29. The van der Waals surface area contributed by atoms with Crippen molar-refractivity contribution in [3.63, 3.8) is 0 Å². The minimum Gasteiger partial charge on any atom is -0.457 e. The third-order valence-corrected chi connectivity index (χ3v) is 4.38. The lowest BCUT2D eigenvalue weighted by molar-refractivity contribution is 0.213. The summed E-state index contributed by atoms with van der Waals surface area (Å²) in [5, 5.41) is 5.99. The van der Waals surface area contributed by atoms with Crippen molar-refractivity contribution in [1.29, 1.82) is 0 Å². The maximum Gasteiger partial charge on any atom is 0.315 e. The van der Waals surface area contributed by atoms with Crippen LogP contribution in [-0.2, 0) is 6.54 Å². The summed E-state index contributed by atoms with van der Waals surface area (Å²) in [6.45, 7) is 2.54. The molecule has 1 heterocycles. The predicted molar refractivity (Wildman–Crippen MR) is 98.8 cm³/mol. The molecule has 25 heavy (non-hydrogen) atoms. The standard InChI is InChI=1S/C20H25N3O2/c1-23-12-10-17(11-13-23)22-20(24)21-15-16-6-5-9-19(14-16)25-18-7-3-2-4-8-18/h2-9,14,17H,10-13,15H2,1H3,(H2,21,22,24). The van der Waals surface area contributed by atoms with Gasteiger partial charge in [0.1, 0.15) is 11.5 Å². The van der Waals surface area contributed by atoms with Crippen LogP contribution in [0.2, 0.25) is 0 Å². The first-order chi connectivity index (χ1) is 12.2. The average molecular weight is 339 g/mol. The molecule has 0 aliphatic carbocycles. The van der Waals surface area contributed by atoms with Crippen LogP contribution in [0.1, 0.15) is 18.4 Å². The van der Waals surface area contributed by atoms with Gasteiger partial charge in [0.25, 0.3) is 0 Å². The normalized spacial score (nSPS) is 15.6. The van der Waals surface area contributed by atoms with E-state index in [4.69, 9.17) is 4.74 Å². The average Bonchev–Trinajstić information content (AvgIpc) is 2.63. The smallest absolute Gasteiger partial charge is 0.315 e. The molecule has 1 fully saturated rings. The van der Waals surface area contributed by atoms with Crippen LogP contribution in [0, 0.1) is 0 Å². The van der Waals surface area contributed by atoms with E-state index in [-0.39, 0.29) is 12.1 Å². The highest BCUT2D eigenvalue weighted by molar-refractivity contribution is 5.74. The Balaban J connectivity index is 1.48. The van der Waals surface area contributed by atoms with Crippen LogP contribution in [0.5, 0.6) is 11.5 Å². The number of hydrogen-bond donors (Lipinski definition) is 2. The maximum absolute atomic E-state index is 12.1. The number of para-hydroxylation sites is 1. The van der Waals surface area contributed by atoms with Crippen LogP contribution >= 0.6 is 0 Å². The Bertz CT molecular complexity index is 682. The minimum absolute atomic E-state index is 0.107. The molecular formula is C20H25N3O2. The molecule has 2 amide bonds. The van der Waals surface area contributed by atoms with E-state index in [1.807, 2.05) is 54.6 Å². The monoisotopic (exact) mass is 339 g/mol. The molecule has 2 N–H and O–H groups in total. The number of rotatable bonds is 5. The molecule has 1 saturated heterocycles. The summed E-state index contributed by atoms with van der Waals surface area (Å²) in [5.74, 6) is 1.56. The van der Waals surface area contributed by atoms with Crippen molar-refractivity contribution in [3.05, 3.63) is 60.2 Å². The molecule has 1 aliphatic rings. The molecule has 0 atom stereocenters. The Labute approximate surface area is 149 Å². The maximum atomic E-state index is 12.1. The molecule has 0 saturated carbocycles. The van der Waals surface area contributed by atoms with Crippen LogP contribution in [0.4, 0.5) is 4.79 Å². The zero-order valence-electron chi connectivity index (χ0n) is 14.6. The number of urea groups is 1. The van der Waals surface area contributed by atoms with Gasteiger partial charge in [-0.3, -0.25) is 0 Å². The zero-order chi connectivity index (χ0) is 17.5. The molecule has 1 aliphatic heterocycles. The van der Waals surface area contributed by atoms with Crippen LogP contribution in [0.15, 0.2) is 54.6 Å². The zero-order valence-corrected chi connectivity index (χ0v) is 14.6. The molecule has 0 bridgehead atoms. The van der Waals surface area contributed by atoms with E-state index in [1.165, 1.54) is 0 Å². The summed E-state index contributed by atoms with van der Waals surface area (Å²) in [7, 11) is 2.11. The Morgan fingerprint density at radius 3 is 2.56 bits per heavy atom. The number of ether oxygens (including phenoxy) is 1. The summed E-state index contributed by atoms with van der Waals surface area (Å²) in [6, 6.07) is 17.6. The number of benzene rings is 2. The highest BCUT2D eigenvalue weighted by Gasteiger charge is 2.18. The number of hydrogen-bond acceptors (Lipinski definition) is 3. The highest BCUT2D eigenvalue weighted by atomic mass is 16.5. The molecule has 5 heteroatoms. The van der Waals surface area contributed by atoms with Gasteiger partial charge in [-0.25, -0.2) is 4.79 Å². The second-order valence-corrected chi connectivity index (χ2v) is 6.47. The van der Waals surface area contributed by atoms with Crippen LogP contribution < -0.4 is 15.4 Å². The van der Waals surface area contributed by atoms with E-state index >= 15 is 0 Å². The van der Waals surface area contributed by atoms with E-state index in [2.05, 4.69) is 22.6 Å². The number of nitrogens with one attached hydrogen (secondary N) is 2. The van der Waals surface area contributed by atoms with Crippen molar-refractivity contribution in [1.82, 2.24) is 15.5 Å². The molecule has 0 aromatic heterocycles. The van der Waals surface area contributed by atoms with Crippen molar-refractivity contribution >= 4 is 6.03 Å². The van der Waals surface area contributed by atoms with Gasteiger partial charge in [0, 0.05) is 12.6 Å². The topological polar surface area (TPSA) is 53.6 Å². The number of nitrogens with zero attached hydrogens (tertiary/aromatic N) is 1. The van der Waals surface area contributed by atoms with E-state index in [0.29, 0.717) is 6.54 Å². The van der Waals surface area contributed by atoms with Crippen LogP contribution in [-0.4, -0.2) is 37.1 Å². The van der Waals surface area contributed by atoms with Gasteiger partial charge < -0.3 is 20.3 Å². The fraction of sp³-hybridized carbons (Fsp3) is 0.350. The van der Waals surface area contributed by atoms with E-state index in [0.717, 1.165) is 43.0 Å². The number of amides is 2. The van der Waals surface area contributed by atoms with Crippen molar-refractivity contribution in [2.45, 2.75) is 25.4 Å². The molecule has 3 rings (SSSR count). The fourth-order valence-corrected chi connectivity index (χ4v) is 2.92. The number of carbonyl (C=O) groups excluding carboxylic acids is 1. The third kappa shape index (κ3) is 5.50. The molecule has 132 valence electrons. The first-order valence-electron chi connectivity index (χ1n) is 8.74. The second-order valence-electron chi connectivity index (χ2n) is 6.47. The third-order valence-electron chi connectivity index (χ3n) is 4.38. The van der Waals surface area contributed by atoms with Gasteiger partial charge in [0.15, 0.2) is 0 Å². The van der Waals surface area contributed by atoms with Crippen LogP contribution in [0.3, 0.4) is 0 Å². The van der Waals surface area contributed by atoms with E-state index in [1.54, 1.807) is 0 Å². The number of piperidine rings is 1. The molecular weight excluding hydrogens is 314 g/mol. The summed E-state index contributed by atoms with van der Waals surface area (Å²) >= 11 is 0. The molecule has 2 aromatic rings. The van der Waals surface area contributed by atoms with Crippen molar-refractivity contribution in [3.8, 4) is 11.5 Å². The Kier molecular flexibility index (Phi) is 5.90. The molecule has 0 unspecified atom stereocenters. The Morgan fingerprint density at radius 1 is 1.08 bits per heavy atom.